The maximum Gasteiger partial charge on any atom is 0.306 e. The SMILES string of the molecule is C[C@H](NC(=O)C1CCC(C(=O)O)C1)c1ccccc1F. The fourth-order valence-electron chi connectivity index (χ4n) is 2.68. The highest BCUT2D eigenvalue weighted by Crippen LogP contribution is 2.31. The lowest BCUT2D eigenvalue weighted by Crippen LogP contribution is -2.32. The van der Waals surface area contributed by atoms with E-state index in [4.69, 9.17) is 5.11 Å². The highest BCUT2D eigenvalue weighted by atomic mass is 19.1. The summed E-state index contributed by atoms with van der Waals surface area (Å²) < 4.78 is 13.6. The van der Waals surface area contributed by atoms with Crippen molar-refractivity contribution in [1.29, 1.82) is 0 Å². The molecule has 0 spiro atoms. The molecule has 4 nitrogen and oxygen atoms in total. The standard InChI is InChI=1S/C15H18FNO3/c1-9(12-4-2-3-5-13(12)16)17-14(18)10-6-7-11(8-10)15(19)20/h2-5,9-11H,6-8H2,1H3,(H,17,18)(H,19,20)/t9-,10?,11?/m0/s1. The normalized spacial score (nSPS) is 23.3. The first-order valence-electron chi connectivity index (χ1n) is 6.76. The minimum absolute atomic E-state index is 0.190. The molecule has 2 N–H and O–H groups in total. The molecule has 0 radical (unpaired) electrons. The molecule has 5 heteroatoms. The number of hydrogen-bond acceptors (Lipinski definition) is 2. The van der Waals surface area contributed by atoms with Crippen LogP contribution in [-0.4, -0.2) is 17.0 Å². The monoisotopic (exact) mass is 279 g/mol. The first-order chi connectivity index (χ1) is 9.49. The van der Waals surface area contributed by atoms with E-state index in [1.54, 1.807) is 25.1 Å². The van der Waals surface area contributed by atoms with Gasteiger partial charge in [-0.2, -0.15) is 0 Å². The number of rotatable bonds is 4. The molecular weight excluding hydrogens is 261 g/mol. The fourth-order valence-corrected chi connectivity index (χ4v) is 2.68. The summed E-state index contributed by atoms with van der Waals surface area (Å²) in [6, 6.07) is 5.88. The largest absolute Gasteiger partial charge is 0.481 e. The van der Waals surface area contributed by atoms with Gasteiger partial charge in [0.2, 0.25) is 5.91 Å². The van der Waals surface area contributed by atoms with Crippen molar-refractivity contribution < 1.29 is 19.1 Å². The molecular formula is C15H18FNO3. The van der Waals surface area contributed by atoms with Gasteiger partial charge in [0.1, 0.15) is 5.82 Å². The highest BCUT2D eigenvalue weighted by Gasteiger charge is 2.34. The Morgan fingerprint density at radius 3 is 2.55 bits per heavy atom. The van der Waals surface area contributed by atoms with E-state index in [9.17, 15) is 14.0 Å². The minimum Gasteiger partial charge on any atom is -0.481 e. The minimum atomic E-state index is -0.845. The van der Waals surface area contributed by atoms with Gasteiger partial charge in [0.05, 0.1) is 12.0 Å². The number of nitrogens with one attached hydrogen (secondary N) is 1. The van der Waals surface area contributed by atoms with Crippen molar-refractivity contribution in [3.63, 3.8) is 0 Å². The van der Waals surface area contributed by atoms with Crippen LogP contribution in [0.2, 0.25) is 0 Å². The Morgan fingerprint density at radius 2 is 1.95 bits per heavy atom. The summed E-state index contributed by atoms with van der Waals surface area (Å²) in [5.74, 6) is -2.11. The zero-order valence-corrected chi connectivity index (χ0v) is 11.3. The lowest BCUT2D eigenvalue weighted by Gasteiger charge is -2.18. The van der Waals surface area contributed by atoms with Gasteiger partial charge in [0.15, 0.2) is 0 Å². The molecule has 20 heavy (non-hydrogen) atoms. The average Bonchev–Trinajstić information content (AvgIpc) is 2.88. The van der Waals surface area contributed by atoms with Gasteiger partial charge in [-0.15, -0.1) is 0 Å². The van der Waals surface area contributed by atoms with Gasteiger partial charge in [-0.25, -0.2) is 4.39 Å². The summed E-state index contributed by atoms with van der Waals surface area (Å²) in [4.78, 5) is 23.0. The number of carboxylic acid groups (broad SMARTS) is 1. The zero-order valence-electron chi connectivity index (χ0n) is 11.3. The summed E-state index contributed by atoms with van der Waals surface area (Å²) in [5, 5.41) is 11.7. The molecule has 1 aromatic rings. The van der Waals surface area contributed by atoms with Gasteiger partial charge in [-0.1, -0.05) is 18.2 Å². The van der Waals surface area contributed by atoms with Crippen molar-refractivity contribution in [3.8, 4) is 0 Å². The molecule has 2 unspecified atom stereocenters. The van der Waals surface area contributed by atoms with Crippen LogP contribution in [-0.2, 0) is 9.59 Å². The molecule has 108 valence electrons. The molecule has 3 atom stereocenters. The Bertz CT molecular complexity index is 518. The molecule has 0 bridgehead atoms. The predicted octanol–water partition coefficient (Wildman–Crippen LogP) is 2.50. The Morgan fingerprint density at radius 1 is 1.30 bits per heavy atom. The Balaban J connectivity index is 1.95. The molecule has 1 saturated carbocycles. The summed E-state index contributed by atoms with van der Waals surface area (Å²) >= 11 is 0. The number of carbonyl (C=O) groups excluding carboxylic acids is 1. The van der Waals surface area contributed by atoms with E-state index in [-0.39, 0.29) is 17.6 Å². The molecule has 2 rings (SSSR count). The van der Waals surface area contributed by atoms with Gasteiger partial charge in [0, 0.05) is 11.5 Å². The third-order valence-electron chi connectivity index (χ3n) is 3.88. The second-order valence-corrected chi connectivity index (χ2v) is 5.30. The van der Waals surface area contributed by atoms with Crippen molar-refractivity contribution in [2.24, 2.45) is 11.8 Å². The number of amides is 1. The molecule has 1 amide bonds. The quantitative estimate of drug-likeness (QED) is 0.890. The van der Waals surface area contributed by atoms with Gasteiger partial charge in [0.25, 0.3) is 0 Å². The Hall–Kier alpha value is -1.91. The lowest BCUT2D eigenvalue weighted by atomic mass is 10.0. The number of hydrogen-bond donors (Lipinski definition) is 2. The third-order valence-corrected chi connectivity index (χ3v) is 3.88. The fraction of sp³-hybridized carbons (Fsp3) is 0.467. The third kappa shape index (κ3) is 3.15. The molecule has 1 aliphatic carbocycles. The van der Waals surface area contributed by atoms with E-state index >= 15 is 0 Å². The predicted molar refractivity (Wildman–Crippen MR) is 71.4 cm³/mol. The smallest absolute Gasteiger partial charge is 0.306 e. The highest BCUT2D eigenvalue weighted by molar-refractivity contribution is 5.81. The van der Waals surface area contributed by atoms with Crippen LogP contribution in [0, 0.1) is 17.7 Å². The van der Waals surface area contributed by atoms with Crippen LogP contribution in [0.1, 0.15) is 37.8 Å². The number of aliphatic carboxylic acids is 1. The van der Waals surface area contributed by atoms with Crippen molar-refractivity contribution in [3.05, 3.63) is 35.6 Å². The van der Waals surface area contributed by atoms with Crippen LogP contribution < -0.4 is 5.32 Å². The van der Waals surface area contributed by atoms with E-state index in [1.807, 2.05) is 0 Å². The van der Waals surface area contributed by atoms with E-state index in [1.165, 1.54) is 6.07 Å². The van der Waals surface area contributed by atoms with Gasteiger partial charge >= 0.3 is 5.97 Å². The lowest BCUT2D eigenvalue weighted by molar-refractivity contribution is -0.141. The molecule has 1 fully saturated rings. The second kappa shape index (κ2) is 6.03. The maximum atomic E-state index is 13.6. The second-order valence-electron chi connectivity index (χ2n) is 5.30. The van der Waals surface area contributed by atoms with Crippen LogP contribution in [0.5, 0.6) is 0 Å². The average molecular weight is 279 g/mol. The van der Waals surface area contributed by atoms with Crippen LogP contribution in [0.3, 0.4) is 0 Å². The molecule has 0 heterocycles. The van der Waals surface area contributed by atoms with Crippen molar-refractivity contribution >= 4 is 11.9 Å². The van der Waals surface area contributed by atoms with Crippen LogP contribution >= 0.6 is 0 Å². The van der Waals surface area contributed by atoms with E-state index in [2.05, 4.69) is 5.32 Å². The molecule has 1 aromatic carbocycles. The number of carboxylic acids is 1. The first kappa shape index (κ1) is 14.5. The van der Waals surface area contributed by atoms with Gasteiger partial charge < -0.3 is 10.4 Å². The number of benzene rings is 1. The molecule has 0 aliphatic heterocycles. The van der Waals surface area contributed by atoms with Crippen LogP contribution in [0.25, 0.3) is 0 Å². The van der Waals surface area contributed by atoms with E-state index < -0.39 is 17.9 Å². The van der Waals surface area contributed by atoms with Crippen molar-refractivity contribution in [2.75, 3.05) is 0 Å². The first-order valence-corrected chi connectivity index (χ1v) is 6.76. The van der Waals surface area contributed by atoms with Gasteiger partial charge in [-0.3, -0.25) is 9.59 Å². The van der Waals surface area contributed by atoms with Crippen LogP contribution in [0.15, 0.2) is 24.3 Å². The van der Waals surface area contributed by atoms with Gasteiger partial charge in [-0.05, 0) is 32.3 Å². The topological polar surface area (TPSA) is 66.4 Å². The summed E-state index contributed by atoms with van der Waals surface area (Å²) in [7, 11) is 0. The van der Waals surface area contributed by atoms with Crippen molar-refractivity contribution in [2.45, 2.75) is 32.2 Å². The summed E-state index contributed by atoms with van der Waals surface area (Å²) in [6.07, 6.45) is 1.47. The Labute approximate surface area is 117 Å². The number of carbonyl (C=O) groups is 2. The zero-order chi connectivity index (χ0) is 14.7. The van der Waals surface area contributed by atoms with E-state index in [0.717, 1.165) is 0 Å². The maximum absolute atomic E-state index is 13.6. The van der Waals surface area contributed by atoms with Crippen LogP contribution in [0.4, 0.5) is 4.39 Å². The Kier molecular flexibility index (Phi) is 4.37. The molecule has 0 saturated heterocycles. The van der Waals surface area contributed by atoms with Crippen molar-refractivity contribution in [1.82, 2.24) is 5.32 Å². The number of halogens is 1. The molecule has 1 aliphatic rings. The summed E-state index contributed by atoms with van der Waals surface area (Å²) in [5.41, 5.74) is 0.439. The molecule has 0 aromatic heterocycles. The summed E-state index contributed by atoms with van der Waals surface area (Å²) in [6.45, 7) is 1.72. The van der Waals surface area contributed by atoms with E-state index in [0.29, 0.717) is 24.8 Å².